The van der Waals surface area contributed by atoms with E-state index in [4.69, 9.17) is 19.7 Å². The Kier molecular flexibility index (Phi) is 5.76. The molecule has 7 aromatic rings. The van der Waals surface area contributed by atoms with E-state index >= 15 is 0 Å². The van der Waals surface area contributed by atoms with E-state index in [0.29, 0.717) is 11.7 Å². The van der Waals surface area contributed by atoms with E-state index in [0.717, 1.165) is 55.2 Å². The summed E-state index contributed by atoms with van der Waals surface area (Å²) in [6.07, 6.45) is 10.7. The van der Waals surface area contributed by atoms with Gasteiger partial charge in [-0.15, -0.1) is 11.3 Å². The predicted octanol–water partition coefficient (Wildman–Crippen LogP) is 11.2. The maximum atomic E-state index is 6.74. The monoisotopic (exact) mass is 659 g/mol. The molecule has 0 saturated heterocycles. The molecule has 4 nitrogen and oxygen atoms in total. The van der Waals surface area contributed by atoms with Gasteiger partial charge in [0, 0.05) is 44.8 Å². The molecule has 2 atom stereocenters. The molecule has 1 unspecified atom stereocenters. The van der Waals surface area contributed by atoms with E-state index in [1.807, 2.05) is 0 Å². The van der Waals surface area contributed by atoms with Crippen LogP contribution in [0.4, 0.5) is 0 Å². The standard InChI is InChI=1S/C45H29N3OS/c1-26-25-46-42(31-15-3-2-12-28(26)31)44-47-40(43-41(48-44)32-16-6-11-21-39(32)50-43)27-22-23-38-36(24-27)45(35-19-9-10-20-37(35)49-38)33-17-7-4-13-29(33)30-14-5-8-18-34(30)45/h2-26,28H,1H3/t26-,28?/m1/s1. The molecule has 0 amide bonds. The van der Waals surface area contributed by atoms with Crippen LogP contribution in [0.25, 0.3) is 48.4 Å². The van der Waals surface area contributed by atoms with Gasteiger partial charge in [0.2, 0.25) is 0 Å². The summed E-state index contributed by atoms with van der Waals surface area (Å²) in [5.74, 6) is 2.95. The van der Waals surface area contributed by atoms with Gasteiger partial charge in [0.1, 0.15) is 17.2 Å². The minimum atomic E-state index is -0.552. The molecule has 0 fully saturated rings. The van der Waals surface area contributed by atoms with Crippen LogP contribution in [0.5, 0.6) is 11.5 Å². The van der Waals surface area contributed by atoms with Gasteiger partial charge in [0.25, 0.3) is 0 Å². The Morgan fingerprint density at radius 3 is 2.26 bits per heavy atom. The molecule has 0 bridgehead atoms. The molecule has 0 N–H and O–H groups in total. The summed E-state index contributed by atoms with van der Waals surface area (Å²) in [6.45, 7) is 2.22. The Morgan fingerprint density at radius 1 is 0.700 bits per heavy atom. The molecule has 4 aliphatic rings. The van der Waals surface area contributed by atoms with Crippen LogP contribution in [0.2, 0.25) is 0 Å². The lowest BCUT2D eigenvalue weighted by molar-refractivity contribution is 0.436. The Morgan fingerprint density at radius 2 is 1.42 bits per heavy atom. The maximum absolute atomic E-state index is 6.74. The number of para-hydroxylation sites is 1. The van der Waals surface area contributed by atoms with Crippen LogP contribution in [-0.4, -0.2) is 16.2 Å². The zero-order valence-electron chi connectivity index (χ0n) is 27.2. The van der Waals surface area contributed by atoms with E-state index in [9.17, 15) is 0 Å². The SMILES string of the molecule is C[C@@H]1C=NC(c2nc(-c3ccc4c(c3)C3(c5ccccc5O4)c4ccccc4-c4ccccc43)c3sc4ccccc4c3n2)=C2C=CC=CC21. The zero-order valence-corrected chi connectivity index (χ0v) is 28.0. The second-order valence-corrected chi connectivity index (χ2v) is 14.6. The van der Waals surface area contributed by atoms with Crippen LogP contribution in [-0.2, 0) is 5.41 Å². The number of aromatic nitrogens is 2. The molecule has 1 spiro atoms. The van der Waals surface area contributed by atoms with Gasteiger partial charge >= 0.3 is 0 Å². The lowest BCUT2D eigenvalue weighted by atomic mass is 9.66. The fourth-order valence-electron chi connectivity index (χ4n) is 8.70. The molecule has 2 aliphatic heterocycles. The number of hydrogen-bond donors (Lipinski definition) is 0. The van der Waals surface area contributed by atoms with Crippen LogP contribution in [0.1, 0.15) is 35.0 Å². The van der Waals surface area contributed by atoms with Gasteiger partial charge in [0.05, 0.1) is 21.3 Å². The maximum Gasteiger partial charge on any atom is 0.179 e. The summed E-state index contributed by atoms with van der Waals surface area (Å²) in [5, 5.41) is 1.14. The summed E-state index contributed by atoms with van der Waals surface area (Å²) in [4.78, 5) is 15.7. The molecule has 0 saturated carbocycles. The number of rotatable bonds is 2. The van der Waals surface area contributed by atoms with Crippen LogP contribution in [0.3, 0.4) is 0 Å². The van der Waals surface area contributed by atoms with E-state index in [2.05, 4.69) is 153 Å². The third-order valence-electron chi connectivity index (χ3n) is 10.9. The molecule has 2 aliphatic carbocycles. The third kappa shape index (κ3) is 3.67. The molecular formula is C45H29N3OS. The van der Waals surface area contributed by atoms with Crippen LogP contribution < -0.4 is 4.74 Å². The summed E-state index contributed by atoms with van der Waals surface area (Å²) < 4.78 is 9.00. The summed E-state index contributed by atoms with van der Waals surface area (Å²) in [5.41, 5.74) is 11.7. The van der Waals surface area contributed by atoms with E-state index in [1.165, 1.54) is 32.5 Å². The average molecular weight is 660 g/mol. The minimum absolute atomic E-state index is 0.248. The molecule has 5 aromatic carbocycles. The molecular weight excluding hydrogens is 631 g/mol. The van der Waals surface area contributed by atoms with Gasteiger partial charge in [-0.3, -0.25) is 4.99 Å². The van der Waals surface area contributed by atoms with Crippen molar-refractivity contribution in [2.45, 2.75) is 12.3 Å². The highest BCUT2D eigenvalue weighted by Gasteiger charge is 2.51. The highest BCUT2D eigenvalue weighted by Crippen LogP contribution is 2.62. The lowest BCUT2D eigenvalue weighted by Gasteiger charge is -2.39. The molecule has 2 aromatic heterocycles. The Balaban J connectivity index is 1.22. The van der Waals surface area contributed by atoms with Crippen molar-refractivity contribution in [2.75, 3.05) is 0 Å². The van der Waals surface area contributed by atoms with Gasteiger partial charge in [-0.25, -0.2) is 9.97 Å². The van der Waals surface area contributed by atoms with Crippen molar-refractivity contribution in [1.82, 2.24) is 9.97 Å². The smallest absolute Gasteiger partial charge is 0.179 e. The van der Waals surface area contributed by atoms with E-state index in [-0.39, 0.29) is 5.92 Å². The number of benzene rings is 5. The summed E-state index contributed by atoms with van der Waals surface area (Å²) in [7, 11) is 0. The van der Waals surface area contributed by atoms with E-state index < -0.39 is 5.41 Å². The number of allylic oxidation sites excluding steroid dienone is 5. The first-order chi connectivity index (χ1) is 24.7. The Bertz CT molecular complexity index is 2680. The van der Waals surface area contributed by atoms with Gasteiger partial charge < -0.3 is 4.74 Å². The normalized spacial score (nSPS) is 18.9. The third-order valence-corrected chi connectivity index (χ3v) is 12.1. The first-order valence-corrected chi connectivity index (χ1v) is 18.0. The lowest BCUT2D eigenvalue weighted by Crippen LogP contribution is -2.32. The van der Waals surface area contributed by atoms with Crippen molar-refractivity contribution >= 4 is 43.6 Å². The molecule has 0 radical (unpaired) electrons. The number of nitrogens with zero attached hydrogens (tertiary/aromatic N) is 3. The summed E-state index contributed by atoms with van der Waals surface area (Å²) in [6, 6.07) is 41.4. The zero-order chi connectivity index (χ0) is 33.0. The molecule has 4 heterocycles. The number of fused-ring (bicyclic) bond motifs is 13. The largest absolute Gasteiger partial charge is 0.457 e. The second-order valence-electron chi connectivity index (χ2n) is 13.5. The van der Waals surface area contributed by atoms with Gasteiger partial charge in [-0.05, 0) is 58.2 Å². The quantitative estimate of drug-likeness (QED) is 0.186. The van der Waals surface area contributed by atoms with Crippen molar-refractivity contribution in [1.29, 1.82) is 0 Å². The number of ether oxygens (including phenoxy) is 1. The van der Waals surface area contributed by atoms with Crippen LogP contribution in [0, 0.1) is 11.8 Å². The number of aliphatic imine (C=N–C) groups is 1. The fraction of sp³-hybridized carbons (Fsp3) is 0.0889. The molecule has 50 heavy (non-hydrogen) atoms. The highest BCUT2D eigenvalue weighted by molar-refractivity contribution is 7.26. The van der Waals surface area contributed by atoms with Gasteiger partial charge in [0.15, 0.2) is 5.82 Å². The molecule has 11 rings (SSSR count). The number of hydrogen-bond acceptors (Lipinski definition) is 5. The second kappa shape index (κ2) is 10.3. The van der Waals surface area contributed by atoms with Crippen molar-refractivity contribution in [3.63, 3.8) is 0 Å². The first-order valence-electron chi connectivity index (χ1n) is 17.1. The Hall–Kier alpha value is -5.91. The molecule has 5 heteroatoms. The van der Waals surface area contributed by atoms with Crippen LogP contribution >= 0.6 is 11.3 Å². The Labute approximate surface area is 293 Å². The van der Waals surface area contributed by atoms with Crippen molar-refractivity contribution < 1.29 is 4.74 Å². The molecule has 236 valence electrons. The number of thiophene rings is 1. The average Bonchev–Trinajstić information content (AvgIpc) is 3.69. The van der Waals surface area contributed by atoms with Crippen molar-refractivity contribution in [3.8, 4) is 33.9 Å². The van der Waals surface area contributed by atoms with Gasteiger partial charge in [-0.2, -0.15) is 0 Å². The first kappa shape index (κ1) is 28.0. The van der Waals surface area contributed by atoms with E-state index in [1.54, 1.807) is 11.3 Å². The minimum Gasteiger partial charge on any atom is -0.457 e. The fourth-order valence-corrected chi connectivity index (χ4v) is 9.85. The highest BCUT2D eigenvalue weighted by atomic mass is 32.1. The predicted molar refractivity (Wildman–Crippen MR) is 204 cm³/mol. The van der Waals surface area contributed by atoms with Crippen LogP contribution in [0.15, 0.2) is 150 Å². The summed E-state index contributed by atoms with van der Waals surface area (Å²) >= 11 is 1.75. The van der Waals surface area contributed by atoms with Gasteiger partial charge in [-0.1, -0.05) is 116 Å². The van der Waals surface area contributed by atoms with Crippen molar-refractivity contribution in [2.24, 2.45) is 16.8 Å². The topological polar surface area (TPSA) is 47.4 Å². The van der Waals surface area contributed by atoms with Crippen molar-refractivity contribution in [3.05, 3.63) is 173 Å².